The topological polar surface area (TPSA) is 111 Å². The Bertz CT molecular complexity index is 757. The second kappa shape index (κ2) is 8.11. The molecule has 2 rings (SSSR count). The zero-order valence-corrected chi connectivity index (χ0v) is 13.6. The summed E-state index contributed by atoms with van der Waals surface area (Å²) in [6.45, 7) is 2.55. The fraction of sp³-hybridized carbons (Fsp3) is 0.353. The fourth-order valence-corrected chi connectivity index (χ4v) is 2.29. The Balaban J connectivity index is 2.27. The Morgan fingerprint density at radius 3 is 2.71 bits per heavy atom. The Hall–Kier alpha value is -2.88. The first-order valence-electron chi connectivity index (χ1n) is 7.82. The maximum absolute atomic E-state index is 13.9. The van der Waals surface area contributed by atoms with E-state index in [0.29, 0.717) is 12.2 Å². The number of nitrogens with two attached hydrogens (primary N) is 2. The number of unbranched alkanes of at least 4 members (excludes halogenated alkanes) is 3. The monoisotopic (exact) mass is 329 g/mol. The SMILES string of the molecule is CCCCCCOc1cc(-c2nc(N)nc(N)c2C#N)ccc1F. The number of aromatic nitrogens is 2. The molecule has 2 aromatic rings. The van der Waals surface area contributed by atoms with Crippen molar-refractivity contribution in [1.82, 2.24) is 9.97 Å². The maximum atomic E-state index is 13.9. The molecule has 0 fully saturated rings. The molecular formula is C17H20FN5O. The third-order valence-electron chi connectivity index (χ3n) is 3.53. The van der Waals surface area contributed by atoms with Crippen molar-refractivity contribution < 1.29 is 9.13 Å². The van der Waals surface area contributed by atoms with Crippen molar-refractivity contribution in [1.29, 1.82) is 5.26 Å². The third-order valence-corrected chi connectivity index (χ3v) is 3.53. The van der Waals surface area contributed by atoms with Crippen molar-refractivity contribution in [2.24, 2.45) is 0 Å². The number of anilines is 2. The normalized spacial score (nSPS) is 10.4. The summed E-state index contributed by atoms with van der Waals surface area (Å²) in [4.78, 5) is 7.82. The molecule has 0 bridgehead atoms. The minimum Gasteiger partial charge on any atom is -0.490 e. The number of nitrogen functional groups attached to an aromatic ring is 2. The van der Waals surface area contributed by atoms with Gasteiger partial charge in [0.2, 0.25) is 5.95 Å². The van der Waals surface area contributed by atoms with Crippen LogP contribution in [0.1, 0.15) is 38.2 Å². The van der Waals surface area contributed by atoms with Crippen molar-refractivity contribution in [3.63, 3.8) is 0 Å². The largest absolute Gasteiger partial charge is 0.490 e. The molecule has 24 heavy (non-hydrogen) atoms. The van der Waals surface area contributed by atoms with Crippen LogP contribution >= 0.6 is 0 Å². The minimum absolute atomic E-state index is 0.00800. The van der Waals surface area contributed by atoms with E-state index in [4.69, 9.17) is 16.2 Å². The summed E-state index contributed by atoms with van der Waals surface area (Å²) < 4.78 is 19.4. The number of nitrogens with zero attached hydrogens (tertiary/aromatic N) is 3. The molecule has 0 saturated carbocycles. The van der Waals surface area contributed by atoms with Gasteiger partial charge in [0.05, 0.1) is 12.3 Å². The zero-order valence-electron chi connectivity index (χ0n) is 13.6. The van der Waals surface area contributed by atoms with Gasteiger partial charge in [0.15, 0.2) is 11.6 Å². The lowest BCUT2D eigenvalue weighted by atomic mass is 10.1. The van der Waals surface area contributed by atoms with Gasteiger partial charge in [-0.3, -0.25) is 0 Å². The van der Waals surface area contributed by atoms with Gasteiger partial charge in [0.1, 0.15) is 17.5 Å². The highest BCUT2D eigenvalue weighted by molar-refractivity contribution is 5.73. The molecule has 126 valence electrons. The summed E-state index contributed by atoms with van der Waals surface area (Å²) in [6, 6.07) is 6.22. The highest BCUT2D eigenvalue weighted by atomic mass is 19.1. The number of halogens is 1. The van der Waals surface area contributed by atoms with Crippen molar-refractivity contribution in [3.8, 4) is 23.1 Å². The van der Waals surface area contributed by atoms with E-state index in [1.165, 1.54) is 18.2 Å². The molecule has 4 N–H and O–H groups in total. The van der Waals surface area contributed by atoms with E-state index in [-0.39, 0.29) is 28.8 Å². The third kappa shape index (κ3) is 4.10. The molecule has 0 atom stereocenters. The van der Waals surface area contributed by atoms with Gasteiger partial charge in [-0.15, -0.1) is 0 Å². The quantitative estimate of drug-likeness (QED) is 0.754. The molecule has 0 aliphatic rings. The second-order valence-electron chi connectivity index (χ2n) is 5.36. The van der Waals surface area contributed by atoms with Crippen molar-refractivity contribution >= 4 is 11.8 Å². The lowest BCUT2D eigenvalue weighted by Gasteiger charge is -2.11. The smallest absolute Gasteiger partial charge is 0.222 e. The van der Waals surface area contributed by atoms with Crippen LogP contribution in [0.3, 0.4) is 0 Å². The number of nitriles is 1. The summed E-state index contributed by atoms with van der Waals surface area (Å²) in [5, 5.41) is 9.24. The van der Waals surface area contributed by atoms with Gasteiger partial charge in [-0.25, -0.2) is 9.37 Å². The highest BCUT2D eigenvalue weighted by Gasteiger charge is 2.15. The van der Waals surface area contributed by atoms with Crippen LogP contribution in [-0.4, -0.2) is 16.6 Å². The minimum atomic E-state index is -0.470. The van der Waals surface area contributed by atoms with Gasteiger partial charge in [0, 0.05) is 5.56 Å². The second-order valence-corrected chi connectivity index (χ2v) is 5.36. The van der Waals surface area contributed by atoms with E-state index in [9.17, 15) is 9.65 Å². The van der Waals surface area contributed by atoms with Gasteiger partial charge in [0.25, 0.3) is 0 Å². The summed E-state index contributed by atoms with van der Waals surface area (Å²) in [6.07, 6.45) is 4.14. The predicted octanol–water partition coefficient (Wildman–Crippen LogP) is 3.28. The number of hydrogen-bond acceptors (Lipinski definition) is 6. The first-order valence-corrected chi connectivity index (χ1v) is 7.82. The number of hydrogen-bond donors (Lipinski definition) is 2. The van der Waals surface area contributed by atoms with Crippen molar-refractivity contribution in [3.05, 3.63) is 29.6 Å². The molecule has 1 heterocycles. The number of ether oxygens (including phenoxy) is 1. The van der Waals surface area contributed by atoms with Crippen LogP contribution in [0, 0.1) is 17.1 Å². The number of rotatable bonds is 7. The molecule has 7 heteroatoms. The Kier molecular flexibility index (Phi) is 5.90. The first-order chi connectivity index (χ1) is 11.6. The molecule has 0 aliphatic carbocycles. The molecule has 0 radical (unpaired) electrons. The van der Waals surface area contributed by atoms with Crippen LogP contribution in [0.4, 0.5) is 16.2 Å². The van der Waals surface area contributed by atoms with Crippen molar-refractivity contribution in [2.75, 3.05) is 18.1 Å². The molecule has 0 unspecified atom stereocenters. The van der Waals surface area contributed by atoms with Crippen LogP contribution in [0.2, 0.25) is 0 Å². The molecule has 0 spiro atoms. The fourth-order valence-electron chi connectivity index (χ4n) is 2.29. The molecule has 0 amide bonds. The Morgan fingerprint density at radius 1 is 1.21 bits per heavy atom. The van der Waals surface area contributed by atoms with E-state index in [2.05, 4.69) is 16.9 Å². The van der Waals surface area contributed by atoms with Gasteiger partial charge >= 0.3 is 0 Å². The van der Waals surface area contributed by atoms with Gasteiger partial charge in [-0.1, -0.05) is 26.2 Å². The Morgan fingerprint density at radius 2 is 2.00 bits per heavy atom. The van der Waals surface area contributed by atoms with Crippen LogP contribution in [0.15, 0.2) is 18.2 Å². The standard InChI is InChI=1S/C17H20FN5O/c1-2-3-4-5-8-24-14-9-11(6-7-13(14)18)15-12(10-19)16(20)23-17(21)22-15/h6-7,9H,2-5,8H2,1H3,(H4,20,21,22,23). The van der Waals surface area contributed by atoms with E-state index in [1.807, 2.05) is 6.07 Å². The van der Waals surface area contributed by atoms with Crippen LogP contribution in [0.25, 0.3) is 11.3 Å². The highest BCUT2D eigenvalue weighted by Crippen LogP contribution is 2.29. The Labute approximate surface area is 140 Å². The summed E-state index contributed by atoms with van der Waals surface area (Å²) >= 11 is 0. The van der Waals surface area contributed by atoms with Gasteiger partial charge in [-0.05, 0) is 24.6 Å². The molecule has 0 saturated heterocycles. The van der Waals surface area contributed by atoms with Gasteiger partial charge in [-0.2, -0.15) is 10.2 Å². The summed E-state index contributed by atoms with van der Waals surface area (Å²) in [7, 11) is 0. The molecular weight excluding hydrogens is 309 g/mol. The molecule has 1 aromatic carbocycles. The van der Waals surface area contributed by atoms with E-state index in [0.717, 1.165) is 25.7 Å². The number of benzene rings is 1. The molecule has 1 aromatic heterocycles. The van der Waals surface area contributed by atoms with Crippen LogP contribution < -0.4 is 16.2 Å². The van der Waals surface area contributed by atoms with Crippen LogP contribution in [-0.2, 0) is 0 Å². The summed E-state index contributed by atoms with van der Waals surface area (Å²) in [5.74, 6) is -0.411. The lowest BCUT2D eigenvalue weighted by molar-refractivity contribution is 0.290. The van der Waals surface area contributed by atoms with Gasteiger partial charge < -0.3 is 16.2 Å². The molecule has 0 aliphatic heterocycles. The molecule has 6 nitrogen and oxygen atoms in total. The lowest BCUT2D eigenvalue weighted by Crippen LogP contribution is -2.05. The van der Waals surface area contributed by atoms with E-state index in [1.54, 1.807) is 0 Å². The average Bonchev–Trinajstić information content (AvgIpc) is 2.55. The van der Waals surface area contributed by atoms with Crippen LogP contribution in [0.5, 0.6) is 5.75 Å². The van der Waals surface area contributed by atoms with Crippen molar-refractivity contribution in [2.45, 2.75) is 32.6 Å². The maximum Gasteiger partial charge on any atom is 0.222 e. The summed E-state index contributed by atoms with van der Waals surface area (Å²) in [5.41, 5.74) is 12.2. The zero-order chi connectivity index (χ0) is 17.5. The van der Waals surface area contributed by atoms with E-state index < -0.39 is 5.82 Å². The van der Waals surface area contributed by atoms with E-state index >= 15 is 0 Å². The first kappa shape index (κ1) is 17.5. The predicted molar refractivity (Wildman–Crippen MR) is 90.6 cm³/mol. The average molecular weight is 329 g/mol.